The molecule has 1 aromatic carbocycles. The van der Waals surface area contributed by atoms with E-state index in [-0.39, 0.29) is 5.56 Å². The van der Waals surface area contributed by atoms with Crippen molar-refractivity contribution in [3.8, 4) is 0 Å². The quantitative estimate of drug-likeness (QED) is 0.776. The van der Waals surface area contributed by atoms with Gasteiger partial charge in [0.05, 0.1) is 10.8 Å². The number of fused-ring (bicyclic) bond motifs is 1. The van der Waals surface area contributed by atoms with Gasteiger partial charge in [-0.1, -0.05) is 0 Å². The van der Waals surface area contributed by atoms with Gasteiger partial charge >= 0.3 is 5.97 Å². The van der Waals surface area contributed by atoms with Crippen LogP contribution in [0.1, 0.15) is 20.8 Å². The third-order valence-corrected chi connectivity index (χ3v) is 2.81. The largest absolute Gasteiger partial charge is 0.399 e. The summed E-state index contributed by atoms with van der Waals surface area (Å²) in [4.78, 5) is 30.4. The van der Waals surface area contributed by atoms with Crippen LogP contribution in [-0.4, -0.2) is 15.5 Å². The number of hydrogen-bond acceptors (Lipinski definition) is 4. The Hall–Kier alpha value is -2.24. The molecule has 2 rings (SSSR count). The molecule has 102 valence electrons. The summed E-state index contributed by atoms with van der Waals surface area (Å²) in [6.07, 6.45) is 0. The van der Waals surface area contributed by atoms with Crippen molar-refractivity contribution in [2.75, 3.05) is 5.73 Å². The molecule has 0 saturated carbocycles. The lowest BCUT2D eigenvalue weighted by Gasteiger charge is -2.17. The van der Waals surface area contributed by atoms with Crippen molar-refractivity contribution < 1.29 is 9.63 Å². The van der Waals surface area contributed by atoms with Gasteiger partial charge in [0.2, 0.25) is 0 Å². The Morgan fingerprint density at radius 3 is 2.53 bits per heavy atom. The molecule has 1 aromatic heterocycles. The van der Waals surface area contributed by atoms with Gasteiger partial charge in [-0.15, -0.1) is 4.85 Å². The highest BCUT2D eigenvalue weighted by Gasteiger charge is 2.26. The van der Waals surface area contributed by atoms with Crippen LogP contribution in [-0.2, 0) is 11.8 Å². The zero-order valence-electron chi connectivity index (χ0n) is 11.4. The molecular formula is C13H17N3O3. The van der Waals surface area contributed by atoms with Crippen LogP contribution in [0.15, 0.2) is 23.0 Å². The maximum atomic E-state index is 12.0. The van der Waals surface area contributed by atoms with Crippen molar-refractivity contribution >= 4 is 22.6 Å². The maximum absolute atomic E-state index is 12.0. The number of anilines is 1. The van der Waals surface area contributed by atoms with Crippen molar-refractivity contribution in [1.82, 2.24) is 9.53 Å². The molecule has 0 atom stereocenters. The zero-order chi connectivity index (χ0) is 14.4. The summed E-state index contributed by atoms with van der Waals surface area (Å²) >= 11 is 0. The maximum Gasteiger partial charge on any atom is 0.340 e. The van der Waals surface area contributed by atoms with Gasteiger partial charge in [0, 0.05) is 12.7 Å². The molecule has 0 bridgehead atoms. The van der Waals surface area contributed by atoms with Crippen molar-refractivity contribution in [3.63, 3.8) is 0 Å². The molecule has 6 heteroatoms. The third-order valence-electron chi connectivity index (χ3n) is 2.81. The molecule has 6 nitrogen and oxygen atoms in total. The molecule has 1 heterocycles. The highest BCUT2D eigenvalue weighted by Crippen LogP contribution is 2.17. The molecule has 0 aliphatic heterocycles. The minimum Gasteiger partial charge on any atom is -0.399 e. The second-order valence-electron chi connectivity index (χ2n) is 5.51. The Labute approximate surface area is 110 Å². The fourth-order valence-corrected chi connectivity index (χ4v) is 1.63. The topological polar surface area (TPSA) is 79.2 Å². The molecule has 0 aliphatic rings. The first kappa shape index (κ1) is 13.2. The first-order chi connectivity index (χ1) is 8.71. The van der Waals surface area contributed by atoms with E-state index in [0.717, 1.165) is 0 Å². The molecule has 0 fully saturated rings. The van der Waals surface area contributed by atoms with Gasteiger partial charge < -0.3 is 10.6 Å². The van der Waals surface area contributed by atoms with E-state index in [9.17, 15) is 9.59 Å². The van der Waals surface area contributed by atoms with E-state index in [4.69, 9.17) is 10.6 Å². The van der Waals surface area contributed by atoms with Crippen LogP contribution in [0.3, 0.4) is 0 Å². The lowest BCUT2D eigenvalue weighted by Crippen LogP contribution is -2.35. The predicted molar refractivity (Wildman–Crippen MR) is 72.6 cm³/mol. The summed E-state index contributed by atoms with van der Waals surface area (Å²) in [6, 6.07) is 4.86. The molecule has 0 amide bonds. The number of rotatable bonds is 1. The van der Waals surface area contributed by atoms with Gasteiger partial charge in [-0.3, -0.25) is 4.79 Å². The normalized spacial score (nSPS) is 11.8. The first-order valence-corrected chi connectivity index (χ1v) is 5.92. The van der Waals surface area contributed by atoms with E-state index in [1.54, 1.807) is 39.0 Å². The van der Waals surface area contributed by atoms with E-state index in [1.807, 2.05) is 0 Å². The molecule has 0 unspecified atom stereocenters. The summed E-state index contributed by atoms with van der Waals surface area (Å²) in [5.74, 6) is -0.428. The van der Waals surface area contributed by atoms with E-state index in [0.29, 0.717) is 16.6 Å². The van der Waals surface area contributed by atoms with Gasteiger partial charge in [-0.2, -0.15) is 0 Å². The fourth-order valence-electron chi connectivity index (χ4n) is 1.63. The lowest BCUT2D eigenvalue weighted by atomic mass is 9.98. The van der Waals surface area contributed by atoms with Crippen molar-refractivity contribution in [2.45, 2.75) is 20.8 Å². The first-order valence-electron chi connectivity index (χ1n) is 5.92. The standard InChI is InChI=1S/C13H17N3O3/c1-13(2,3)12(18)19-16-10-7-8(14)5-6-9(10)11(17)15(16)4/h5-7H,14H2,1-4H3. The van der Waals surface area contributed by atoms with E-state index < -0.39 is 11.4 Å². The van der Waals surface area contributed by atoms with E-state index in [2.05, 4.69) is 0 Å². The summed E-state index contributed by atoms with van der Waals surface area (Å²) in [7, 11) is 1.54. The molecule has 2 N–H and O–H groups in total. The Kier molecular flexibility index (Phi) is 2.88. The average Bonchev–Trinajstić information content (AvgIpc) is 2.53. The van der Waals surface area contributed by atoms with E-state index >= 15 is 0 Å². The Morgan fingerprint density at radius 2 is 1.95 bits per heavy atom. The number of carbonyl (C=O) groups excluding carboxylic acids is 1. The monoisotopic (exact) mass is 263 g/mol. The number of carbonyl (C=O) groups is 1. The van der Waals surface area contributed by atoms with Crippen LogP contribution in [0.2, 0.25) is 0 Å². The summed E-state index contributed by atoms with van der Waals surface area (Å²) in [6.45, 7) is 5.23. The number of aromatic nitrogens is 2. The van der Waals surface area contributed by atoms with Crippen LogP contribution < -0.4 is 16.1 Å². The fraction of sp³-hybridized carbons (Fsp3) is 0.385. The van der Waals surface area contributed by atoms with Gasteiger partial charge in [-0.25, -0.2) is 9.48 Å². The van der Waals surface area contributed by atoms with Gasteiger partial charge in [-0.05, 0) is 39.0 Å². The summed E-state index contributed by atoms with van der Waals surface area (Å²) in [5, 5.41) is 0.457. The summed E-state index contributed by atoms with van der Waals surface area (Å²) < 4.78 is 1.24. The van der Waals surface area contributed by atoms with Crippen molar-refractivity contribution in [3.05, 3.63) is 28.6 Å². The number of nitrogen functional groups attached to an aromatic ring is 1. The Morgan fingerprint density at radius 1 is 1.32 bits per heavy atom. The highest BCUT2D eigenvalue weighted by molar-refractivity contribution is 5.83. The van der Waals surface area contributed by atoms with Crippen LogP contribution in [0.4, 0.5) is 5.69 Å². The van der Waals surface area contributed by atoms with Gasteiger partial charge in [0.25, 0.3) is 5.56 Å². The SMILES string of the molecule is Cn1c(=O)c2ccc(N)cc2n1OC(=O)C(C)(C)C. The Balaban J connectivity index is 2.60. The number of nitrogens with zero attached hydrogens (tertiary/aromatic N) is 2. The predicted octanol–water partition coefficient (Wildman–Crippen LogP) is 0.923. The summed E-state index contributed by atoms with van der Waals surface area (Å²) in [5.41, 5.74) is 5.78. The van der Waals surface area contributed by atoms with Crippen molar-refractivity contribution in [1.29, 1.82) is 0 Å². The van der Waals surface area contributed by atoms with Crippen molar-refractivity contribution in [2.24, 2.45) is 12.5 Å². The number of benzene rings is 1. The zero-order valence-corrected chi connectivity index (χ0v) is 11.4. The molecule has 0 saturated heterocycles. The second kappa shape index (κ2) is 4.15. The van der Waals surface area contributed by atoms with Gasteiger partial charge in [0.1, 0.15) is 5.52 Å². The molecular weight excluding hydrogens is 246 g/mol. The minimum atomic E-state index is -0.660. The number of hydrogen-bond donors (Lipinski definition) is 1. The Bertz CT molecular complexity index is 704. The smallest absolute Gasteiger partial charge is 0.340 e. The minimum absolute atomic E-state index is 0.239. The van der Waals surface area contributed by atoms with Crippen LogP contribution >= 0.6 is 0 Å². The van der Waals surface area contributed by atoms with Crippen LogP contribution in [0.5, 0.6) is 0 Å². The highest BCUT2D eigenvalue weighted by atomic mass is 16.7. The average molecular weight is 263 g/mol. The molecule has 0 radical (unpaired) electrons. The molecule has 0 aliphatic carbocycles. The molecule has 19 heavy (non-hydrogen) atoms. The molecule has 0 spiro atoms. The molecule has 2 aromatic rings. The lowest BCUT2D eigenvalue weighted by molar-refractivity contribution is -0.155. The van der Waals surface area contributed by atoms with E-state index in [1.165, 1.54) is 16.6 Å². The van der Waals surface area contributed by atoms with Crippen LogP contribution in [0.25, 0.3) is 10.9 Å². The van der Waals surface area contributed by atoms with Gasteiger partial charge in [0.15, 0.2) is 0 Å². The second-order valence-corrected chi connectivity index (χ2v) is 5.51. The number of nitrogens with two attached hydrogens (primary N) is 1. The third kappa shape index (κ3) is 2.21. The van der Waals surface area contributed by atoms with Crippen LogP contribution in [0, 0.1) is 5.41 Å².